The molecule has 1 aliphatic heterocycles. The number of piperazine rings is 1. The van der Waals surface area contributed by atoms with Crippen LogP contribution in [0.3, 0.4) is 0 Å². The van der Waals surface area contributed by atoms with Gasteiger partial charge in [0.25, 0.3) is 0 Å². The van der Waals surface area contributed by atoms with E-state index in [2.05, 4.69) is 51.3 Å². The Labute approximate surface area is 113 Å². The van der Waals surface area contributed by atoms with Crippen LogP contribution in [0.15, 0.2) is 0 Å². The third-order valence-corrected chi connectivity index (χ3v) is 4.04. The van der Waals surface area contributed by atoms with Gasteiger partial charge in [0.05, 0.1) is 6.10 Å². The van der Waals surface area contributed by atoms with E-state index in [0.717, 1.165) is 39.1 Å². The average Bonchev–Trinajstić information content (AvgIpc) is 2.24. The molecule has 0 aromatic rings. The average molecular weight is 256 g/mol. The van der Waals surface area contributed by atoms with Gasteiger partial charge in [0.15, 0.2) is 0 Å². The minimum Gasteiger partial charge on any atom is -0.393 e. The van der Waals surface area contributed by atoms with E-state index in [-0.39, 0.29) is 17.1 Å². The Balaban J connectivity index is 2.28. The highest BCUT2D eigenvalue weighted by atomic mass is 16.3. The fraction of sp³-hybridized carbons (Fsp3) is 1.00. The van der Waals surface area contributed by atoms with E-state index < -0.39 is 0 Å². The monoisotopic (exact) mass is 256 g/mol. The molecule has 0 spiro atoms. The summed E-state index contributed by atoms with van der Waals surface area (Å²) >= 11 is 0. The fourth-order valence-electron chi connectivity index (χ4n) is 2.38. The summed E-state index contributed by atoms with van der Waals surface area (Å²) < 4.78 is 0. The van der Waals surface area contributed by atoms with Crippen LogP contribution in [-0.4, -0.2) is 59.3 Å². The molecule has 0 aromatic carbocycles. The van der Waals surface area contributed by atoms with E-state index in [1.165, 1.54) is 0 Å². The van der Waals surface area contributed by atoms with Crippen molar-refractivity contribution in [1.29, 1.82) is 0 Å². The lowest BCUT2D eigenvalue weighted by molar-refractivity contribution is 0.0267. The van der Waals surface area contributed by atoms with E-state index >= 15 is 0 Å². The highest BCUT2D eigenvalue weighted by Crippen LogP contribution is 2.22. The maximum Gasteiger partial charge on any atom is 0.0600 e. The summed E-state index contributed by atoms with van der Waals surface area (Å²) in [5.74, 6) is 0. The van der Waals surface area contributed by atoms with Gasteiger partial charge in [-0.25, -0.2) is 0 Å². The molecule has 108 valence electrons. The predicted molar refractivity (Wildman–Crippen MR) is 77.8 cm³/mol. The second-order valence-electron chi connectivity index (χ2n) is 7.67. The van der Waals surface area contributed by atoms with Crippen molar-refractivity contribution in [2.45, 2.75) is 59.6 Å². The predicted octanol–water partition coefficient (Wildman–Crippen LogP) is 2.20. The van der Waals surface area contributed by atoms with E-state index in [1.54, 1.807) is 0 Å². The van der Waals surface area contributed by atoms with Gasteiger partial charge in [-0.15, -0.1) is 0 Å². The fourth-order valence-corrected chi connectivity index (χ4v) is 2.38. The van der Waals surface area contributed by atoms with Crippen LogP contribution in [0.5, 0.6) is 0 Å². The van der Waals surface area contributed by atoms with Crippen LogP contribution in [0.1, 0.15) is 48.0 Å². The van der Waals surface area contributed by atoms with Crippen LogP contribution in [-0.2, 0) is 0 Å². The minimum absolute atomic E-state index is 0.00717. The molecule has 1 aliphatic rings. The number of aliphatic hydroxyl groups excluding tert-OH is 1. The number of aliphatic hydroxyl groups is 1. The van der Waals surface area contributed by atoms with Gasteiger partial charge in [-0.3, -0.25) is 4.90 Å². The number of hydrogen-bond acceptors (Lipinski definition) is 3. The van der Waals surface area contributed by atoms with E-state index in [1.807, 2.05) is 0 Å². The van der Waals surface area contributed by atoms with Crippen molar-refractivity contribution in [3.05, 3.63) is 0 Å². The Morgan fingerprint density at radius 2 is 1.44 bits per heavy atom. The molecule has 18 heavy (non-hydrogen) atoms. The Morgan fingerprint density at radius 1 is 0.944 bits per heavy atom. The molecular formula is C15H32N2O. The summed E-state index contributed by atoms with van der Waals surface area (Å²) in [5.41, 5.74) is 0.296. The largest absolute Gasteiger partial charge is 0.393 e. The van der Waals surface area contributed by atoms with Crippen LogP contribution in [0, 0.1) is 5.41 Å². The van der Waals surface area contributed by atoms with Crippen molar-refractivity contribution in [2.24, 2.45) is 5.41 Å². The molecule has 0 saturated carbocycles. The molecule has 1 heterocycles. The lowest BCUT2D eigenvalue weighted by Gasteiger charge is -2.42. The molecule has 0 radical (unpaired) electrons. The molecular weight excluding hydrogens is 224 g/mol. The highest BCUT2D eigenvalue weighted by Gasteiger charge is 2.27. The zero-order chi connectivity index (χ0) is 14.0. The Morgan fingerprint density at radius 3 is 1.83 bits per heavy atom. The van der Waals surface area contributed by atoms with Crippen LogP contribution in [0.25, 0.3) is 0 Å². The van der Waals surface area contributed by atoms with E-state index in [0.29, 0.717) is 0 Å². The van der Waals surface area contributed by atoms with Gasteiger partial charge >= 0.3 is 0 Å². The molecule has 1 rings (SSSR count). The normalized spacial score (nSPS) is 22.2. The van der Waals surface area contributed by atoms with Gasteiger partial charge < -0.3 is 10.0 Å². The Kier molecular flexibility index (Phi) is 5.22. The van der Waals surface area contributed by atoms with Crippen LogP contribution in [0.4, 0.5) is 0 Å². The minimum atomic E-state index is -0.196. The molecule has 3 heteroatoms. The van der Waals surface area contributed by atoms with Crippen molar-refractivity contribution in [1.82, 2.24) is 9.80 Å². The van der Waals surface area contributed by atoms with Crippen LogP contribution < -0.4 is 0 Å². The summed E-state index contributed by atoms with van der Waals surface area (Å²) in [4.78, 5) is 5.03. The van der Waals surface area contributed by atoms with E-state index in [4.69, 9.17) is 0 Å². The van der Waals surface area contributed by atoms with Crippen LogP contribution >= 0.6 is 0 Å². The summed E-state index contributed by atoms with van der Waals surface area (Å²) in [5, 5.41) is 10.1. The second kappa shape index (κ2) is 5.89. The molecule has 0 amide bonds. The smallest absolute Gasteiger partial charge is 0.0600 e. The van der Waals surface area contributed by atoms with Crippen molar-refractivity contribution >= 4 is 0 Å². The zero-order valence-corrected chi connectivity index (χ0v) is 13.2. The lowest BCUT2D eigenvalue weighted by atomic mass is 9.87. The number of rotatable bonds is 3. The van der Waals surface area contributed by atoms with Gasteiger partial charge in [0.1, 0.15) is 0 Å². The summed E-state index contributed by atoms with van der Waals surface area (Å²) in [6, 6.07) is 0. The maximum absolute atomic E-state index is 10.1. The first-order valence-electron chi connectivity index (χ1n) is 7.26. The molecule has 1 fully saturated rings. The Hall–Kier alpha value is -0.120. The molecule has 0 unspecified atom stereocenters. The molecule has 0 aromatic heterocycles. The van der Waals surface area contributed by atoms with Crippen molar-refractivity contribution in [3.8, 4) is 0 Å². The third kappa shape index (κ3) is 4.87. The SMILES string of the molecule is CC(C)(C)[C@H](O)CCN1CCN(C(C)(C)C)CC1. The first kappa shape index (κ1) is 15.9. The molecule has 0 aliphatic carbocycles. The molecule has 0 bridgehead atoms. The maximum atomic E-state index is 10.1. The van der Waals surface area contributed by atoms with Gasteiger partial charge in [0, 0.05) is 38.3 Å². The topological polar surface area (TPSA) is 26.7 Å². The zero-order valence-electron chi connectivity index (χ0n) is 13.2. The summed E-state index contributed by atoms with van der Waals surface area (Å²) in [6.45, 7) is 18.8. The lowest BCUT2D eigenvalue weighted by Crippen LogP contribution is -2.53. The molecule has 1 atom stereocenters. The molecule has 3 nitrogen and oxygen atoms in total. The standard InChI is InChI=1S/C15H32N2O/c1-14(2,3)13(18)7-8-16-9-11-17(12-10-16)15(4,5)6/h13,18H,7-12H2,1-6H3/t13-/m1/s1. The van der Waals surface area contributed by atoms with Crippen LogP contribution in [0.2, 0.25) is 0 Å². The first-order valence-corrected chi connectivity index (χ1v) is 7.26. The van der Waals surface area contributed by atoms with Crippen molar-refractivity contribution in [3.63, 3.8) is 0 Å². The van der Waals surface area contributed by atoms with Gasteiger partial charge in [-0.1, -0.05) is 20.8 Å². The van der Waals surface area contributed by atoms with Crippen molar-refractivity contribution < 1.29 is 5.11 Å². The molecule has 1 saturated heterocycles. The summed E-state index contributed by atoms with van der Waals surface area (Å²) in [7, 11) is 0. The molecule has 1 N–H and O–H groups in total. The highest BCUT2D eigenvalue weighted by molar-refractivity contribution is 4.82. The van der Waals surface area contributed by atoms with Crippen molar-refractivity contribution in [2.75, 3.05) is 32.7 Å². The van der Waals surface area contributed by atoms with E-state index in [9.17, 15) is 5.11 Å². The van der Waals surface area contributed by atoms with Gasteiger partial charge in [0.2, 0.25) is 0 Å². The summed E-state index contributed by atoms with van der Waals surface area (Å²) in [6.07, 6.45) is 0.692. The Bertz CT molecular complexity index is 244. The second-order valence-corrected chi connectivity index (χ2v) is 7.67. The first-order chi connectivity index (χ1) is 8.10. The van der Waals surface area contributed by atoms with Gasteiger partial charge in [-0.05, 0) is 32.6 Å². The quantitative estimate of drug-likeness (QED) is 0.838. The van der Waals surface area contributed by atoms with Gasteiger partial charge in [-0.2, -0.15) is 0 Å². The third-order valence-electron chi connectivity index (χ3n) is 4.04. The number of nitrogens with zero attached hydrogens (tertiary/aromatic N) is 2. The number of hydrogen-bond donors (Lipinski definition) is 1.